The molecule has 0 aliphatic carbocycles. The Morgan fingerprint density at radius 1 is 1.08 bits per heavy atom. The van der Waals surface area contributed by atoms with Gasteiger partial charge in [0.05, 0.1) is 0 Å². The summed E-state index contributed by atoms with van der Waals surface area (Å²) in [5.41, 5.74) is 1.67. The molecule has 1 N–H and O–H groups in total. The minimum atomic E-state index is -0.436. The zero-order valence-corrected chi connectivity index (χ0v) is 13.8. The minimum Gasteiger partial charge on any atom is -0.364 e. The molecule has 0 saturated carbocycles. The highest BCUT2D eigenvalue weighted by Gasteiger charge is 2.15. The van der Waals surface area contributed by atoms with E-state index in [1.54, 1.807) is 0 Å². The second-order valence-electron chi connectivity index (χ2n) is 5.70. The van der Waals surface area contributed by atoms with Gasteiger partial charge < -0.3 is 4.74 Å². The summed E-state index contributed by atoms with van der Waals surface area (Å²) in [4.78, 5) is 26.8. The Kier molecular flexibility index (Phi) is 4.62. The lowest BCUT2D eigenvalue weighted by Gasteiger charge is -2.16. The van der Waals surface area contributed by atoms with E-state index >= 15 is 0 Å². The normalized spacial score (nSPS) is 11.1. The van der Waals surface area contributed by atoms with Gasteiger partial charge in [-0.3, -0.25) is 14.3 Å². The Hall–Kier alpha value is -2.66. The number of nitrogens with one attached hydrogen (secondary N) is 1. The standard InChI is InChI=1S/C19H20N2O3/c1-3-15-17(21(12-24-2)19(23)20-18(15)22)11-14-9-6-8-13-7-4-5-10-16(13)14/h4-10H,3,11-12H2,1-2H3,(H,20,22,23). The smallest absolute Gasteiger partial charge is 0.330 e. The molecule has 0 bridgehead atoms. The van der Waals surface area contributed by atoms with Gasteiger partial charge >= 0.3 is 5.69 Å². The van der Waals surface area contributed by atoms with Crippen LogP contribution >= 0.6 is 0 Å². The Morgan fingerprint density at radius 2 is 1.83 bits per heavy atom. The predicted octanol–water partition coefficient (Wildman–Crippen LogP) is 2.45. The molecular weight excluding hydrogens is 304 g/mol. The molecule has 0 radical (unpaired) electrons. The van der Waals surface area contributed by atoms with Crippen molar-refractivity contribution < 1.29 is 4.74 Å². The van der Waals surface area contributed by atoms with Crippen LogP contribution in [0.1, 0.15) is 23.7 Å². The molecule has 0 spiro atoms. The van der Waals surface area contributed by atoms with Crippen molar-refractivity contribution in [3.05, 3.63) is 80.1 Å². The van der Waals surface area contributed by atoms with Crippen LogP contribution in [0.5, 0.6) is 0 Å². The first-order valence-electron chi connectivity index (χ1n) is 7.96. The number of H-pyrrole nitrogens is 1. The largest absolute Gasteiger partial charge is 0.364 e. The number of nitrogens with zero attached hydrogens (tertiary/aromatic N) is 1. The molecule has 0 unspecified atom stereocenters. The summed E-state index contributed by atoms with van der Waals surface area (Å²) in [7, 11) is 1.53. The summed E-state index contributed by atoms with van der Waals surface area (Å²) in [5.74, 6) is 0. The highest BCUT2D eigenvalue weighted by Crippen LogP contribution is 2.21. The number of fused-ring (bicyclic) bond motifs is 1. The maximum Gasteiger partial charge on any atom is 0.330 e. The lowest BCUT2D eigenvalue weighted by molar-refractivity contribution is 0.124. The van der Waals surface area contributed by atoms with E-state index < -0.39 is 5.69 Å². The zero-order valence-electron chi connectivity index (χ0n) is 13.8. The number of aromatic nitrogens is 2. The molecule has 3 aromatic rings. The second-order valence-corrected chi connectivity index (χ2v) is 5.70. The molecule has 5 heteroatoms. The average molecular weight is 324 g/mol. The molecule has 2 aromatic carbocycles. The number of methoxy groups -OCH3 is 1. The number of ether oxygens (including phenoxy) is 1. The van der Waals surface area contributed by atoms with Crippen molar-refractivity contribution in [2.75, 3.05) is 7.11 Å². The Balaban J connectivity index is 2.21. The van der Waals surface area contributed by atoms with Gasteiger partial charge in [-0.2, -0.15) is 0 Å². The second kappa shape index (κ2) is 6.84. The maximum atomic E-state index is 12.2. The third-order valence-corrected chi connectivity index (χ3v) is 4.26. The van der Waals surface area contributed by atoms with Crippen molar-refractivity contribution in [2.24, 2.45) is 0 Å². The van der Waals surface area contributed by atoms with Gasteiger partial charge in [-0.25, -0.2) is 4.79 Å². The number of benzene rings is 2. The average Bonchev–Trinajstić information content (AvgIpc) is 2.59. The monoisotopic (exact) mass is 324 g/mol. The molecule has 0 amide bonds. The molecule has 0 fully saturated rings. The van der Waals surface area contributed by atoms with Crippen molar-refractivity contribution in [3.8, 4) is 0 Å². The minimum absolute atomic E-state index is 0.114. The van der Waals surface area contributed by atoms with E-state index in [2.05, 4.69) is 23.2 Å². The molecule has 1 heterocycles. The quantitative estimate of drug-likeness (QED) is 0.784. The van der Waals surface area contributed by atoms with Crippen LogP contribution in [-0.4, -0.2) is 16.7 Å². The van der Waals surface area contributed by atoms with Crippen LogP contribution < -0.4 is 11.2 Å². The van der Waals surface area contributed by atoms with Crippen LogP contribution in [0.15, 0.2) is 52.1 Å². The first-order chi connectivity index (χ1) is 11.7. The van der Waals surface area contributed by atoms with Gasteiger partial charge in [0.2, 0.25) is 0 Å². The molecule has 5 nitrogen and oxygen atoms in total. The van der Waals surface area contributed by atoms with Gasteiger partial charge in [0.1, 0.15) is 6.73 Å². The molecule has 124 valence electrons. The van der Waals surface area contributed by atoms with Gasteiger partial charge in [0, 0.05) is 24.8 Å². The molecule has 1 aromatic heterocycles. The van der Waals surface area contributed by atoms with Crippen LogP contribution in [0.2, 0.25) is 0 Å². The third-order valence-electron chi connectivity index (χ3n) is 4.26. The van der Waals surface area contributed by atoms with E-state index in [4.69, 9.17) is 4.74 Å². The fraction of sp³-hybridized carbons (Fsp3) is 0.263. The van der Waals surface area contributed by atoms with Crippen LogP contribution in [-0.2, 0) is 24.3 Å². The van der Waals surface area contributed by atoms with Gasteiger partial charge in [0.25, 0.3) is 5.56 Å². The Bertz CT molecular complexity index is 981. The van der Waals surface area contributed by atoms with Gasteiger partial charge in [-0.15, -0.1) is 0 Å². The van der Waals surface area contributed by atoms with Gasteiger partial charge in [0.15, 0.2) is 0 Å². The molecule has 0 aliphatic heterocycles. The first-order valence-corrected chi connectivity index (χ1v) is 7.96. The first kappa shape index (κ1) is 16.2. The molecule has 0 saturated heterocycles. The summed E-state index contributed by atoms with van der Waals surface area (Å²) in [6.07, 6.45) is 1.06. The fourth-order valence-electron chi connectivity index (χ4n) is 3.12. The molecule has 24 heavy (non-hydrogen) atoms. The van der Waals surface area contributed by atoms with Crippen molar-refractivity contribution >= 4 is 10.8 Å². The van der Waals surface area contributed by atoms with Crippen molar-refractivity contribution in [3.63, 3.8) is 0 Å². The highest BCUT2D eigenvalue weighted by molar-refractivity contribution is 5.85. The Labute approximate surface area is 139 Å². The van der Waals surface area contributed by atoms with E-state index in [9.17, 15) is 9.59 Å². The summed E-state index contributed by atoms with van der Waals surface area (Å²) < 4.78 is 6.66. The zero-order chi connectivity index (χ0) is 17.1. The molecule has 3 rings (SSSR count). The lowest BCUT2D eigenvalue weighted by Crippen LogP contribution is -2.36. The predicted molar refractivity (Wildman–Crippen MR) is 94.5 cm³/mol. The van der Waals surface area contributed by atoms with E-state index in [-0.39, 0.29) is 12.3 Å². The number of aromatic amines is 1. The number of hydrogen-bond donors (Lipinski definition) is 1. The van der Waals surface area contributed by atoms with Crippen LogP contribution in [0.3, 0.4) is 0 Å². The van der Waals surface area contributed by atoms with E-state index in [0.29, 0.717) is 24.1 Å². The van der Waals surface area contributed by atoms with Gasteiger partial charge in [-0.1, -0.05) is 49.4 Å². The summed E-state index contributed by atoms with van der Waals surface area (Å²) in [6.45, 7) is 2.03. The summed E-state index contributed by atoms with van der Waals surface area (Å²) in [6, 6.07) is 14.2. The third kappa shape index (κ3) is 2.90. The van der Waals surface area contributed by atoms with E-state index in [1.807, 2.05) is 31.2 Å². The van der Waals surface area contributed by atoms with Gasteiger partial charge in [-0.05, 0) is 22.8 Å². The van der Waals surface area contributed by atoms with E-state index in [1.165, 1.54) is 11.7 Å². The SMILES string of the molecule is CCc1c(Cc2cccc3ccccc23)n(COC)c(=O)[nH]c1=O. The van der Waals surface area contributed by atoms with Crippen LogP contribution in [0.4, 0.5) is 0 Å². The molecule has 0 aliphatic rings. The van der Waals surface area contributed by atoms with Crippen molar-refractivity contribution in [2.45, 2.75) is 26.5 Å². The lowest BCUT2D eigenvalue weighted by atomic mass is 9.98. The van der Waals surface area contributed by atoms with Crippen molar-refractivity contribution in [1.82, 2.24) is 9.55 Å². The number of hydrogen-bond acceptors (Lipinski definition) is 3. The maximum absolute atomic E-state index is 12.2. The summed E-state index contributed by atoms with van der Waals surface area (Å²) in [5, 5.41) is 2.26. The van der Waals surface area contributed by atoms with Crippen molar-refractivity contribution in [1.29, 1.82) is 0 Å². The highest BCUT2D eigenvalue weighted by atomic mass is 16.5. The fourth-order valence-corrected chi connectivity index (χ4v) is 3.12. The topological polar surface area (TPSA) is 64.1 Å². The van der Waals surface area contributed by atoms with Crippen LogP contribution in [0, 0.1) is 0 Å². The van der Waals surface area contributed by atoms with E-state index in [0.717, 1.165) is 16.3 Å². The number of rotatable bonds is 5. The van der Waals surface area contributed by atoms with Crippen LogP contribution in [0.25, 0.3) is 10.8 Å². The Morgan fingerprint density at radius 3 is 2.58 bits per heavy atom. The molecular formula is C19H20N2O3. The molecule has 0 atom stereocenters. The summed E-state index contributed by atoms with van der Waals surface area (Å²) >= 11 is 0.